The molecule has 1 aromatic carbocycles. The maximum absolute atomic E-state index is 12.5. The Balaban J connectivity index is 1.90. The normalized spacial score (nSPS) is 15.3. The van der Waals surface area contributed by atoms with Crippen molar-refractivity contribution in [2.24, 2.45) is 0 Å². The van der Waals surface area contributed by atoms with Gasteiger partial charge in [0.2, 0.25) is 5.91 Å². The third-order valence-electron chi connectivity index (χ3n) is 3.51. The molecule has 2 aromatic rings. The third kappa shape index (κ3) is 3.48. The number of amides is 1. The number of nitrogens with zero attached hydrogens (tertiary/aromatic N) is 1. The van der Waals surface area contributed by atoms with Gasteiger partial charge >= 0.3 is 0 Å². The summed E-state index contributed by atoms with van der Waals surface area (Å²) >= 11 is 1.23. The lowest BCUT2D eigenvalue weighted by molar-refractivity contribution is -0.120. The fourth-order valence-electron chi connectivity index (χ4n) is 2.43. The van der Waals surface area contributed by atoms with Gasteiger partial charge in [-0.3, -0.25) is 9.52 Å². The summed E-state index contributed by atoms with van der Waals surface area (Å²) in [5.74, 6) is -0.0669. The van der Waals surface area contributed by atoms with Crippen LogP contribution in [-0.4, -0.2) is 34.0 Å². The number of sulfonamides is 1. The molecule has 1 saturated heterocycles. The van der Waals surface area contributed by atoms with Crippen LogP contribution in [0.5, 0.6) is 0 Å². The Hall–Kier alpha value is -2.06. The minimum absolute atomic E-state index is 0.0669. The van der Waals surface area contributed by atoms with E-state index in [1.807, 2.05) is 24.0 Å². The largest absolute Gasteiger partial charge is 0.359 e. The maximum atomic E-state index is 12.5. The average Bonchev–Trinajstić information content (AvgIpc) is 2.95. The molecular weight excluding hydrogens is 334 g/mol. The summed E-state index contributed by atoms with van der Waals surface area (Å²) in [6, 6.07) is 10.5. The van der Waals surface area contributed by atoms with E-state index < -0.39 is 10.0 Å². The average molecular weight is 351 g/mol. The number of hydrogen-bond acceptors (Lipinski definition) is 5. The van der Waals surface area contributed by atoms with E-state index in [1.54, 1.807) is 24.3 Å². The van der Waals surface area contributed by atoms with Gasteiger partial charge in [0, 0.05) is 18.0 Å². The van der Waals surface area contributed by atoms with Crippen molar-refractivity contribution in [3.8, 4) is 0 Å². The molecule has 0 saturated carbocycles. The molecule has 23 heavy (non-hydrogen) atoms. The number of para-hydroxylation sites is 2. The van der Waals surface area contributed by atoms with Gasteiger partial charge in [0.15, 0.2) is 0 Å². The highest BCUT2D eigenvalue weighted by Gasteiger charge is 2.22. The van der Waals surface area contributed by atoms with Crippen LogP contribution in [0, 0.1) is 6.92 Å². The third-order valence-corrected chi connectivity index (χ3v) is 6.37. The monoisotopic (exact) mass is 351 g/mol. The molecule has 0 bridgehead atoms. The van der Waals surface area contributed by atoms with Crippen molar-refractivity contribution in [2.75, 3.05) is 29.3 Å². The van der Waals surface area contributed by atoms with Crippen molar-refractivity contribution in [3.63, 3.8) is 0 Å². The summed E-state index contributed by atoms with van der Waals surface area (Å²) in [4.78, 5) is 14.4. The highest BCUT2D eigenvalue weighted by Crippen LogP contribution is 2.30. The van der Waals surface area contributed by atoms with Crippen molar-refractivity contribution in [1.29, 1.82) is 0 Å². The molecule has 3 rings (SSSR count). The van der Waals surface area contributed by atoms with Crippen LogP contribution in [0.15, 0.2) is 40.6 Å². The Labute approximate surface area is 139 Å². The molecule has 8 heteroatoms. The number of carbonyl (C=O) groups excluding carboxylic acids is 1. The summed E-state index contributed by atoms with van der Waals surface area (Å²) in [6.45, 7) is 3.27. The van der Waals surface area contributed by atoms with Gasteiger partial charge < -0.3 is 10.2 Å². The molecule has 0 radical (unpaired) electrons. The van der Waals surface area contributed by atoms with Gasteiger partial charge in [0.25, 0.3) is 10.0 Å². The van der Waals surface area contributed by atoms with Crippen molar-refractivity contribution in [1.82, 2.24) is 5.32 Å². The van der Waals surface area contributed by atoms with Crippen molar-refractivity contribution < 1.29 is 13.2 Å². The van der Waals surface area contributed by atoms with E-state index in [1.165, 1.54) is 11.3 Å². The first kappa shape index (κ1) is 15.8. The van der Waals surface area contributed by atoms with Crippen LogP contribution in [0.3, 0.4) is 0 Å². The molecule has 1 fully saturated rings. The summed E-state index contributed by atoms with van der Waals surface area (Å²) < 4.78 is 27.9. The number of benzene rings is 1. The van der Waals surface area contributed by atoms with Gasteiger partial charge in [-0.15, -0.1) is 11.3 Å². The van der Waals surface area contributed by atoms with Gasteiger partial charge in [-0.25, -0.2) is 8.42 Å². The van der Waals surface area contributed by atoms with Crippen LogP contribution < -0.4 is 14.9 Å². The van der Waals surface area contributed by atoms with E-state index in [2.05, 4.69) is 10.0 Å². The second-order valence-electron chi connectivity index (χ2n) is 5.26. The number of thiophene rings is 1. The van der Waals surface area contributed by atoms with E-state index in [0.29, 0.717) is 24.5 Å². The smallest absolute Gasteiger partial charge is 0.271 e. The number of rotatable bonds is 4. The predicted octanol–water partition coefficient (Wildman–Crippen LogP) is 1.79. The van der Waals surface area contributed by atoms with Gasteiger partial charge in [-0.2, -0.15) is 0 Å². The number of carbonyl (C=O) groups is 1. The topological polar surface area (TPSA) is 78.5 Å². The molecule has 1 aliphatic heterocycles. The van der Waals surface area contributed by atoms with E-state index >= 15 is 0 Å². The molecule has 2 N–H and O–H groups in total. The quantitative estimate of drug-likeness (QED) is 0.880. The minimum Gasteiger partial charge on any atom is -0.359 e. The summed E-state index contributed by atoms with van der Waals surface area (Å²) in [6.07, 6.45) is 0. The lowest BCUT2D eigenvalue weighted by atomic mass is 10.2. The summed E-state index contributed by atoms with van der Waals surface area (Å²) in [7, 11) is -3.63. The molecule has 122 valence electrons. The minimum atomic E-state index is -3.63. The SMILES string of the molecule is Cc1ccc(S(=O)(=O)Nc2ccccc2N2CCNC(=O)C2)s1. The number of anilines is 2. The van der Waals surface area contributed by atoms with Crippen LogP contribution in [0.4, 0.5) is 11.4 Å². The van der Waals surface area contributed by atoms with Crippen LogP contribution in [0.1, 0.15) is 4.88 Å². The van der Waals surface area contributed by atoms with Gasteiger partial charge in [0.1, 0.15) is 4.21 Å². The fraction of sp³-hybridized carbons (Fsp3) is 0.267. The number of aryl methyl sites for hydroxylation is 1. The molecule has 6 nitrogen and oxygen atoms in total. The molecule has 0 spiro atoms. The summed E-state index contributed by atoms with van der Waals surface area (Å²) in [5.41, 5.74) is 1.19. The molecule has 0 aliphatic carbocycles. The molecule has 0 atom stereocenters. The van der Waals surface area contributed by atoms with E-state index in [4.69, 9.17) is 0 Å². The van der Waals surface area contributed by atoms with Crippen LogP contribution in [0.2, 0.25) is 0 Å². The summed E-state index contributed by atoms with van der Waals surface area (Å²) in [5, 5.41) is 2.76. The molecule has 2 heterocycles. The molecule has 1 aromatic heterocycles. The Kier molecular flexibility index (Phi) is 4.27. The Morgan fingerprint density at radius 3 is 2.70 bits per heavy atom. The molecule has 1 amide bonds. The van der Waals surface area contributed by atoms with Gasteiger partial charge in [0.05, 0.1) is 17.9 Å². The fourth-order valence-corrected chi connectivity index (χ4v) is 4.79. The number of nitrogens with one attached hydrogen (secondary N) is 2. The van der Waals surface area contributed by atoms with Crippen molar-refractivity contribution in [2.45, 2.75) is 11.1 Å². The Morgan fingerprint density at radius 2 is 2.00 bits per heavy atom. The van der Waals surface area contributed by atoms with Crippen molar-refractivity contribution in [3.05, 3.63) is 41.3 Å². The standard InChI is InChI=1S/C15H17N3O3S2/c1-11-6-7-15(22-11)23(20,21)17-12-4-2-3-5-13(12)18-9-8-16-14(19)10-18/h2-7,17H,8-10H2,1H3,(H,16,19). The van der Waals surface area contributed by atoms with Crippen molar-refractivity contribution >= 4 is 38.6 Å². The van der Waals surface area contributed by atoms with Crippen LogP contribution in [0.25, 0.3) is 0 Å². The zero-order valence-corrected chi connectivity index (χ0v) is 14.2. The van der Waals surface area contributed by atoms with Gasteiger partial charge in [-0.1, -0.05) is 12.1 Å². The zero-order chi connectivity index (χ0) is 16.4. The molecule has 0 unspecified atom stereocenters. The first-order valence-corrected chi connectivity index (χ1v) is 9.45. The zero-order valence-electron chi connectivity index (χ0n) is 12.6. The Bertz CT molecular complexity index is 830. The molecule has 1 aliphatic rings. The first-order valence-electron chi connectivity index (χ1n) is 7.16. The van der Waals surface area contributed by atoms with Crippen LogP contribution in [-0.2, 0) is 14.8 Å². The first-order chi connectivity index (χ1) is 11.0. The Morgan fingerprint density at radius 1 is 1.22 bits per heavy atom. The lowest BCUT2D eigenvalue weighted by Crippen LogP contribution is -2.47. The number of piperazine rings is 1. The lowest BCUT2D eigenvalue weighted by Gasteiger charge is -2.30. The highest BCUT2D eigenvalue weighted by atomic mass is 32.2. The maximum Gasteiger partial charge on any atom is 0.271 e. The second-order valence-corrected chi connectivity index (χ2v) is 8.46. The predicted molar refractivity (Wildman–Crippen MR) is 91.5 cm³/mol. The van der Waals surface area contributed by atoms with Gasteiger partial charge in [-0.05, 0) is 31.2 Å². The van der Waals surface area contributed by atoms with Crippen LogP contribution >= 0.6 is 11.3 Å². The molecular formula is C15H17N3O3S2. The highest BCUT2D eigenvalue weighted by molar-refractivity contribution is 7.94. The van der Waals surface area contributed by atoms with E-state index in [0.717, 1.165) is 4.88 Å². The number of hydrogen-bond donors (Lipinski definition) is 2. The van der Waals surface area contributed by atoms with E-state index in [-0.39, 0.29) is 16.7 Å². The second kappa shape index (κ2) is 6.21. The van der Waals surface area contributed by atoms with E-state index in [9.17, 15) is 13.2 Å².